The SMILES string of the molecule is CC[C@H](C)[C@@H]1NC(=O)[C@@H]2CCCN2C(=O)[C@@H]2CCCN2C(=O)[C@H]([C@@H](C)CC)NC(=O)[C@H](CO)NC(=O)[C@H](CCCN)NC(=O)[C@H]([C@@H](C)O)NC(=O)[C@@H]2CSSC[C@H](NC1=O)C(=O)N[C@@H](Cc1ccccc1)C(=O)N1CCC[C@H]1C(=O)N[C@@H](CC(=O)O)C(=O)NCC(=O)N[C@@H](CCCN=C(N)N)C(=O)N2. The molecule has 0 spiro atoms. The van der Waals surface area contributed by atoms with Crippen LogP contribution >= 0.6 is 21.6 Å². The van der Waals surface area contributed by atoms with Crippen LogP contribution in [0, 0.1) is 11.8 Å². The van der Waals surface area contributed by atoms with Crippen molar-refractivity contribution in [2.75, 3.05) is 57.4 Å². The molecule has 5 fully saturated rings. The van der Waals surface area contributed by atoms with E-state index in [2.05, 4.69) is 63.5 Å². The number of amides is 14. The Balaban J connectivity index is 1.50. The number of hydrogen-bond acceptors (Lipinski definition) is 21. The molecule has 5 heterocycles. The molecule has 5 saturated heterocycles. The van der Waals surface area contributed by atoms with E-state index in [-0.39, 0.29) is 103 Å². The summed E-state index contributed by atoms with van der Waals surface area (Å²) < 4.78 is 0. The number of carbonyl (C=O) groups is 15. The van der Waals surface area contributed by atoms with Gasteiger partial charge in [-0.3, -0.25) is 76.9 Å². The van der Waals surface area contributed by atoms with Gasteiger partial charge in [0.2, 0.25) is 82.7 Å². The minimum atomic E-state index is -1.95. The van der Waals surface area contributed by atoms with E-state index in [1.54, 1.807) is 58.0 Å². The molecule has 6 rings (SSSR count). The van der Waals surface area contributed by atoms with Gasteiger partial charge in [-0.1, -0.05) is 92.5 Å². The third-order valence-electron chi connectivity index (χ3n) is 19.0. The first kappa shape index (κ1) is 84.1. The molecule has 1 aromatic rings. The highest BCUT2D eigenvalue weighted by atomic mass is 33.1. The van der Waals surface area contributed by atoms with Crippen molar-refractivity contribution < 1.29 is 87.2 Å². The summed E-state index contributed by atoms with van der Waals surface area (Å²) in [7, 11) is 1.69. The van der Waals surface area contributed by atoms with E-state index in [1.807, 2.05) is 0 Å². The van der Waals surface area contributed by atoms with E-state index in [9.17, 15) is 72.9 Å². The highest BCUT2D eigenvalue weighted by molar-refractivity contribution is 8.76. The number of nitrogens with two attached hydrogens (primary N) is 3. The number of aliphatic hydroxyl groups excluding tert-OH is 2. The van der Waals surface area contributed by atoms with Crippen molar-refractivity contribution in [1.29, 1.82) is 0 Å². The summed E-state index contributed by atoms with van der Waals surface area (Å²) in [5, 5.41) is 59.9. The third-order valence-corrected chi connectivity index (χ3v) is 21.4. The van der Waals surface area contributed by atoms with Gasteiger partial charge in [0.15, 0.2) is 5.96 Å². The molecule has 2 bridgehead atoms. The molecule has 36 nitrogen and oxygen atoms in total. The number of benzene rings is 1. The lowest BCUT2D eigenvalue weighted by Crippen LogP contribution is -2.63. The summed E-state index contributed by atoms with van der Waals surface area (Å²) in [5.74, 6) is -17.3. The number of aliphatic imine (C=N–C) groups is 1. The molecule has 1 aromatic carbocycles. The van der Waals surface area contributed by atoms with Gasteiger partial charge in [-0.25, -0.2) is 0 Å². The molecule has 0 aliphatic carbocycles. The Morgan fingerprint density at radius 1 is 0.538 bits per heavy atom. The second-order valence-electron chi connectivity index (χ2n) is 26.7. The summed E-state index contributed by atoms with van der Waals surface area (Å²) in [5.41, 5.74) is 17.5. The minimum Gasteiger partial charge on any atom is -0.481 e. The monoisotopic (exact) mass is 1500 g/mol. The first-order valence-electron chi connectivity index (χ1n) is 35.3. The molecule has 5 aliphatic rings. The zero-order valence-corrected chi connectivity index (χ0v) is 60.8. The van der Waals surface area contributed by atoms with E-state index in [0.29, 0.717) is 24.8 Å². The van der Waals surface area contributed by atoms with Crippen molar-refractivity contribution >= 4 is 116 Å². The van der Waals surface area contributed by atoms with Crippen LogP contribution < -0.4 is 75.7 Å². The lowest BCUT2D eigenvalue weighted by molar-refractivity contribution is -0.149. The van der Waals surface area contributed by atoms with Crippen molar-refractivity contribution in [2.24, 2.45) is 34.0 Å². The predicted octanol–water partition coefficient (Wildman–Crippen LogP) is -5.69. The van der Waals surface area contributed by atoms with Gasteiger partial charge in [0.05, 0.1) is 25.7 Å². The molecule has 0 radical (unpaired) electrons. The number of guanidine groups is 1. The second-order valence-corrected chi connectivity index (χ2v) is 29.2. The van der Waals surface area contributed by atoms with E-state index < -0.39 is 216 Å². The van der Waals surface area contributed by atoms with Crippen molar-refractivity contribution in [1.82, 2.24) is 73.2 Å². The molecule has 0 saturated carbocycles. The van der Waals surface area contributed by atoms with Crippen LogP contribution in [0.5, 0.6) is 0 Å². The Morgan fingerprint density at radius 3 is 1.59 bits per heavy atom. The van der Waals surface area contributed by atoms with Crippen LogP contribution in [0.1, 0.15) is 124 Å². The molecular weight excluding hydrogens is 1400 g/mol. The van der Waals surface area contributed by atoms with Gasteiger partial charge in [0, 0.05) is 44.1 Å². The Bertz CT molecular complexity index is 3280. The Kier molecular flexibility index (Phi) is 33.1. The van der Waals surface area contributed by atoms with Crippen molar-refractivity contribution in [2.45, 2.75) is 209 Å². The van der Waals surface area contributed by atoms with Crippen LogP contribution in [-0.4, -0.2) is 267 Å². The standard InChI is InChI=1S/C66H102N18O18S2/c1-6-34(3)50-61(98)78-43-32-103-104-33-44(77-54(91)38(19-12-24-70-66(68)69)72-48(87)30-71-53(90)40(29-49(88)89)74-59(96)45-20-13-25-82(45)63(100)41(75-57(43)94)28-37-16-9-8-10-17-37)58(95)81-52(36(5)86)62(99)73-39(18-11-23-67)55(92)76-42(31-85)56(93)80-51(35(4)7-2)65(102)84-27-15-22-47(84)64(101)83-26-14-21-46(83)60(97)79-50/h8-10,16-17,34-36,38-47,50-52,85-86H,6-7,11-15,18-33,67H2,1-5H3,(H,71,90)(H,72,87)(H,73,99)(H,74,96)(H,75,94)(H,76,92)(H,77,91)(H,78,98)(H,79,97)(H,80,93)(H,81,95)(H,88,89)(H4,68,69,70)/t34-,35-,36+,38-,39-,40-,41-,42-,43-,44-,45-,46-,47-,50-,51-,52-/m0/s1. The van der Waals surface area contributed by atoms with Crippen LogP contribution in [0.3, 0.4) is 0 Å². The maximum atomic E-state index is 15.3. The van der Waals surface area contributed by atoms with E-state index in [1.165, 1.54) is 14.7 Å². The van der Waals surface area contributed by atoms with Gasteiger partial charge in [-0.05, 0) is 95.1 Å². The van der Waals surface area contributed by atoms with Crippen molar-refractivity contribution in [3.63, 3.8) is 0 Å². The van der Waals surface area contributed by atoms with Gasteiger partial charge in [0.25, 0.3) is 0 Å². The van der Waals surface area contributed by atoms with E-state index >= 15 is 14.4 Å². The fourth-order valence-corrected chi connectivity index (χ4v) is 15.1. The van der Waals surface area contributed by atoms with Crippen molar-refractivity contribution in [3.8, 4) is 0 Å². The Hall–Kier alpha value is -8.88. The van der Waals surface area contributed by atoms with Gasteiger partial charge < -0.3 is 106 Å². The number of carbonyl (C=O) groups excluding carboxylic acids is 14. The number of aliphatic hydroxyl groups is 2. The molecule has 0 aromatic heterocycles. The third kappa shape index (κ3) is 23.8. The molecule has 5 aliphatic heterocycles. The van der Waals surface area contributed by atoms with Crippen LogP contribution in [-0.2, 0) is 78.3 Å². The number of aliphatic carboxylic acids is 1. The molecule has 16 atom stereocenters. The average Bonchev–Trinajstić information content (AvgIpc) is 1.64. The number of carboxylic acid groups (broad SMARTS) is 1. The van der Waals surface area contributed by atoms with Crippen LogP contribution in [0.2, 0.25) is 0 Å². The van der Waals surface area contributed by atoms with Gasteiger partial charge in [0.1, 0.15) is 78.5 Å². The highest BCUT2D eigenvalue weighted by Gasteiger charge is 2.47. The Morgan fingerprint density at radius 2 is 1.01 bits per heavy atom. The second kappa shape index (κ2) is 41.0. The molecule has 14 amide bonds. The molecule has 576 valence electrons. The lowest BCUT2D eigenvalue weighted by atomic mass is 9.96. The molecule has 38 heteroatoms. The smallest absolute Gasteiger partial charge is 0.305 e. The lowest BCUT2D eigenvalue weighted by Gasteiger charge is -2.35. The predicted molar refractivity (Wildman–Crippen MR) is 380 cm³/mol. The summed E-state index contributed by atoms with van der Waals surface area (Å²) in [6.07, 6.45) is -1.52. The maximum absolute atomic E-state index is 15.3. The average molecular weight is 1500 g/mol. The van der Waals surface area contributed by atoms with Gasteiger partial charge in [-0.15, -0.1) is 0 Å². The first-order chi connectivity index (χ1) is 49.5. The number of fused-ring (bicyclic) bond motifs is 8. The quantitative estimate of drug-likeness (QED) is 0.0299. The summed E-state index contributed by atoms with van der Waals surface area (Å²) in [6, 6.07) is -11.6. The number of carboxylic acids is 1. The molecule has 104 heavy (non-hydrogen) atoms. The molecule has 20 N–H and O–H groups in total. The highest BCUT2D eigenvalue weighted by Crippen LogP contribution is 2.29. The van der Waals surface area contributed by atoms with E-state index in [4.69, 9.17) is 17.2 Å². The van der Waals surface area contributed by atoms with Crippen LogP contribution in [0.25, 0.3) is 0 Å². The summed E-state index contributed by atoms with van der Waals surface area (Å²) in [4.78, 5) is 225. The van der Waals surface area contributed by atoms with Gasteiger partial charge in [-0.2, -0.15) is 0 Å². The number of nitrogens with one attached hydrogen (secondary N) is 11. The fraction of sp³-hybridized carbons (Fsp3) is 0.667. The van der Waals surface area contributed by atoms with Gasteiger partial charge >= 0.3 is 5.97 Å². The largest absolute Gasteiger partial charge is 0.481 e. The number of nitrogens with zero attached hydrogens (tertiary/aromatic N) is 4. The summed E-state index contributed by atoms with van der Waals surface area (Å²) >= 11 is 0. The minimum absolute atomic E-state index is 0.0105. The molecule has 0 unspecified atom stereocenters. The Labute approximate surface area is 610 Å². The van der Waals surface area contributed by atoms with Crippen LogP contribution in [0.15, 0.2) is 35.3 Å². The topological polar surface area (TPSA) is 549 Å². The summed E-state index contributed by atoms with van der Waals surface area (Å²) in [6.45, 7) is 6.02. The maximum Gasteiger partial charge on any atom is 0.305 e. The zero-order chi connectivity index (χ0) is 76.5. The van der Waals surface area contributed by atoms with Crippen molar-refractivity contribution in [3.05, 3.63) is 35.9 Å². The normalized spacial score (nSPS) is 28.7. The zero-order valence-electron chi connectivity index (χ0n) is 59.2. The number of rotatable bonds is 17. The first-order valence-corrected chi connectivity index (χ1v) is 37.8. The van der Waals surface area contributed by atoms with E-state index in [0.717, 1.165) is 28.5 Å². The number of hydrogen-bond donors (Lipinski definition) is 17. The molecular formula is C66H102N18O18S2. The fourth-order valence-electron chi connectivity index (χ4n) is 12.7. The van der Waals surface area contributed by atoms with Crippen LogP contribution in [0.4, 0.5) is 0 Å².